The summed E-state index contributed by atoms with van der Waals surface area (Å²) in [6, 6.07) is 9.39. The lowest BCUT2D eigenvalue weighted by Gasteiger charge is -2.09. The van der Waals surface area contributed by atoms with E-state index >= 15 is 0 Å². The number of aromatic hydroxyl groups is 1. The average molecular weight is 388 g/mol. The van der Waals surface area contributed by atoms with E-state index in [1.54, 1.807) is 30.3 Å². The zero-order valence-electron chi connectivity index (χ0n) is 10.6. The van der Waals surface area contributed by atoms with Crippen molar-refractivity contribution in [3.63, 3.8) is 0 Å². The van der Waals surface area contributed by atoms with E-state index in [2.05, 4.69) is 0 Å². The first-order valence-corrected chi connectivity index (χ1v) is 7.90. The van der Waals surface area contributed by atoms with Gasteiger partial charge in [0, 0.05) is 16.1 Å². The molecule has 0 heterocycles. The Balaban J connectivity index is 0.000000422. The summed E-state index contributed by atoms with van der Waals surface area (Å²) >= 11 is 17.4. The second kappa shape index (κ2) is 7.87. The summed E-state index contributed by atoms with van der Waals surface area (Å²) in [5.41, 5.74) is 0. The van der Waals surface area contributed by atoms with E-state index < -0.39 is 10.4 Å². The Bertz CT molecular complexity index is 706. The van der Waals surface area contributed by atoms with Gasteiger partial charge < -0.3 is 9.84 Å². The minimum atomic E-state index is -4.67. The van der Waals surface area contributed by atoms with Gasteiger partial charge in [0.15, 0.2) is 11.5 Å². The van der Waals surface area contributed by atoms with Gasteiger partial charge in [-0.2, -0.15) is 8.42 Å². The van der Waals surface area contributed by atoms with Gasteiger partial charge in [0.05, 0.1) is 5.02 Å². The summed E-state index contributed by atoms with van der Waals surface area (Å²) in [4.78, 5) is 0. The number of hydrogen-bond acceptors (Lipinski definition) is 4. The van der Waals surface area contributed by atoms with Gasteiger partial charge in [-0.3, -0.25) is 9.11 Å². The first kappa shape index (κ1) is 18.8. The highest BCUT2D eigenvalue weighted by Gasteiger charge is 2.08. The van der Waals surface area contributed by atoms with Gasteiger partial charge >= 0.3 is 10.4 Å². The second-order valence-electron chi connectivity index (χ2n) is 3.74. The van der Waals surface area contributed by atoms with E-state index in [-0.39, 0.29) is 11.5 Å². The quantitative estimate of drug-likeness (QED) is 0.656. The molecule has 0 aliphatic carbocycles. The summed E-state index contributed by atoms with van der Waals surface area (Å²) < 4.78 is 37.0. The lowest BCUT2D eigenvalue weighted by atomic mass is 10.3. The Morgan fingerprint density at radius 3 is 1.77 bits per heavy atom. The smallest absolute Gasteiger partial charge is 0.394 e. The predicted octanol–water partition coefficient (Wildman–Crippen LogP) is 4.49. The summed E-state index contributed by atoms with van der Waals surface area (Å²) in [5, 5.41) is 10.9. The third-order valence-electron chi connectivity index (χ3n) is 2.03. The molecule has 0 saturated heterocycles. The third-order valence-corrected chi connectivity index (χ3v) is 2.80. The lowest BCUT2D eigenvalue weighted by molar-refractivity contribution is 0.381. The molecule has 2 aromatic rings. The molecule has 0 aliphatic rings. The van der Waals surface area contributed by atoms with Crippen LogP contribution >= 0.6 is 34.8 Å². The van der Waals surface area contributed by atoms with Crippen LogP contribution in [-0.2, 0) is 10.4 Å². The summed E-state index contributed by atoms with van der Waals surface area (Å²) in [6.45, 7) is 0. The van der Waals surface area contributed by atoms with Gasteiger partial charge in [-0.05, 0) is 30.3 Å². The number of phenols is 1. The second-order valence-corrected chi connectivity index (χ2v) is 5.91. The highest BCUT2D eigenvalue weighted by Crippen LogP contribution is 2.36. The van der Waals surface area contributed by atoms with Gasteiger partial charge in [-0.25, -0.2) is 0 Å². The molecule has 0 unspecified atom stereocenters. The highest BCUT2D eigenvalue weighted by molar-refractivity contribution is 7.79. The van der Waals surface area contributed by atoms with Crippen LogP contribution in [-0.4, -0.2) is 22.6 Å². The number of rotatable bonds is 2. The molecule has 0 aromatic heterocycles. The molecule has 3 N–H and O–H groups in total. The summed E-state index contributed by atoms with van der Waals surface area (Å²) in [5.74, 6) is 0.635. The Morgan fingerprint density at radius 1 is 0.864 bits per heavy atom. The average Bonchev–Trinajstić information content (AvgIpc) is 2.33. The summed E-state index contributed by atoms with van der Waals surface area (Å²) in [6.07, 6.45) is 0. The molecule has 2 rings (SSSR count). The van der Waals surface area contributed by atoms with Crippen LogP contribution in [0.4, 0.5) is 0 Å². The minimum absolute atomic E-state index is 0.0523. The van der Waals surface area contributed by atoms with Crippen molar-refractivity contribution in [3.05, 3.63) is 51.5 Å². The molecule has 6 nitrogen and oxygen atoms in total. The topological polar surface area (TPSA) is 104 Å². The maximum Gasteiger partial charge on any atom is 0.394 e. The fourth-order valence-electron chi connectivity index (χ4n) is 1.25. The Kier molecular flexibility index (Phi) is 6.73. The van der Waals surface area contributed by atoms with Gasteiger partial charge in [0.2, 0.25) is 0 Å². The van der Waals surface area contributed by atoms with Crippen molar-refractivity contribution >= 4 is 45.2 Å². The van der Waals surface area contributed by atoms with Crippen molar-refractivity contribution in [1.82, 2.24) is 0 Å². The predicted molar refractivity (Wildman–Crippen MR) is 83.8 cm³/mol. The molecule has 10 heteroatoms. The van der Waals surface area contributed by atoms with Gasteiger partial charge in [0.25, 0.3) is 0 Å². The maximum atomic E-state index is 9.62. The monoisotopic (exact) mass is 386 g/mol. The van der Waals surface area contributed by atoms with Crippen LogP contribution in [0.2, 0.25) is 15.1 Å². The summed E-state index contributed by atoms with van der Waals surface area (Å²) in [7, 11) is -4.67. The van der Waals surface area contributed by atoms with Crippen molar-refractivity contribution in [2.75, 3.05) is 0 Å². The standard InChI is InChI=1S/C12H7Cl3O2.H2O4S/c13-7-1-3-11(9(15)5-7)17-12-4-2-8(14)6-10(12)16;1-5(2,3)4/h1-6,16H;(H2,1,2,3,4). The molecule has 22 heavy (non-hydrogen) atoms. The molecule has 0 radical (unpaired) electrons. The van der Waals surface area contributed by atoms with Crippen molar-refractivity contribution in [1.29, 1.82) is 0 Å². The molecule has 0 atom stereocenters. The lowest BCUT2D eigenvalue weighted by Crippen LogP contribution is -1.89. The van der Waals surface area contributed by atoms with E-state index in [0.717, 1.165) is 0 Å². The molecular formula is C12H9Cl3O6S. The molecule has 0 bridgehead atoms. The van der Waals surface area contributed by atoms with E-state index in [1.165, 1.54) is 6.07 Å². The molecule has 0 amide bonds. The first-order chi connectivity index (χ1) is 10.1. The fourth-order valence-corrected chi connectivity index (χ4v) is 1.87. The van der Waals surface area contributed by atoms with Crippen LogP contribution < -0.4 is 4.74 Å². The van der Waals surface area contributed by atoms with Gasteiger partial charge in [-0.15, -0.1) is 0 Å². The molecule has 0 aliphatic heterocycles. The highest BCUT2D eigenvalue weighted by atomic mass is 35.5. The zero-order valence-corrected chi connectivity index (χ0v) is 13.7. The molecule has 0 spiro atoms. The molecule has 0 fully saturated rings. The molecule has 0 saturated carbocycles. The van der Waals surface area contributed by atoms with Crippen LogP contribution in [0.25, 0.3) is 0 Å². The number of halogens is 3. The Hall–Kier alpha value is -1.22. The number of benzene rings is 2. The minimum Gasteiger partial charge on any atom is -0.504 e. The van der Waals surface area contributed by atoms with Crippen LogP contribution in [0.15, 0.2) is 36.4 Å². The number of hydrogen-bond donors (Lipinski definition) is 3. The molecule has 120 valence electrons. The van der Waals surface area contributed by atoms with Crippen LogP contribution in [0, 0.1) is 0 Å². The zero-order chi connectivity index (χ0) is 16.9. The van der Waals surface area contributed by atoms with Crippen LogP contribution in [0.5, 0.6) is 17.2 Å². The largest absolute Gasteiger partial charge is 0.504 e. The Morgan fingerprint density at radius 2 is 1.32 bits per heavy atom. The maximum absolute atomic E-state index is 9.62. The van der Waals surface area contributed by atoms with E-state index in [0.29, 0.717) is 20.8 Å². The third kappa shape index (κ3) is 7.17. The SMILES string of the molecule is O=S(=O)(O)O.Oc1cc(Cl)ccc1Oc1ccc(Cl)cc1Cl. The van der Waals surface area contributed by atoms with E-state index in [1.807, 2.05) is 0 Å². The number of phenolic OH excluding ortho intramolecular Hbond substituents is 1. The van der Waals surface area contributed by atoms with E-state index in [4.69, 9.17) is 57.1 Å². The van der Waals surface area contributed by atoms with Gasteiger partial charge in [-0.1, -0.05) is 34.8 Å². The molecular weight excluding hydrogens is 379 g/mol. The van der Waals surface area contributed by atoms with Crippen molar-refractivity contribution in [3.8, 4) is 17.2 Å². The number of ether oxygens (including phenoxy) is 1. The van der Waals surface area contributed by atoms with Crippen molar-refractivity contribution < 1.29 is 27.4 Å². The van der Waals surface area contributed by atoms with Crippen molar-refractivity contribution in [2.45, 2.75) is 0 Å². The van der Waals surface area contributed by atoms with Crippen molar-refractivity contribution in [2.24, 2.45) is 0 Å². The molecule has 2 aromatic carbocycles. The van der Waals surface area contributed by atoms with Crippen LogP contribution in [0.3, 0.4) is 0 Å². The first-order valence-electron chi connectivity index (χ1n) is 5.37. The van der Waals surface area contributed by atoms with Gasteiger partial charge in [0.1, 0.15) is 5.75 Å². The van der Waals surface area contributed by atoms with E-state index in [9.17, 15) is 5.11 Å². The Labute approximate surface area is 141 Å². The van der Waals surface area contributed by atoms with Crippen LogP contribution in [0.1, 0.15) is 0 Å². The fraction of sp³-hybridized carbons (Fsp3) is 0. The normalized spacial score (nSPS) is 10.6.